The van der Waals surface area contributed by atoms with Gasteiger partial charge in [0.1, 0.15) is 5.75 Å². The molecule has 1 aromatic rings. The Balaban J connectivity index is 2.06. The van der Waals surface area contributed by atoms with Gasteiger partial charge in [-0.2, -0.15) is 0 Å². The summed E-state index contributed by atoms with van der Waals surface area (Å²) in [6.07, 6.45) is 0.763. The van der Waals surface area contributed by atoms with Crippen LogP contribution in [0.25, 0.3) is 0 Å². The first-order chi connectivity index (χ1) is 9.78. The number of benzene rings is 1. The number of nitrogens with one attached hydrogen (secondary N) is 1. The number of hydrogen-bond acceptors (Lipinski definition) is 5. The predicted molar refractivity (Wildman–Crippen MR) is 79.8 cm³/mol. The minimum atomic E-state index is -0.0532. The van der Waals surface area contributed by atoms with E-state index < -0.39 is 0 Å². The zero-order chi connectivity index (χ0) is 14.4. The van der Waals surface area contributed by atoms with Crippen LogP contribution in [0.4, 0.5) is 0 Å². The Bertz CT molecular complexity index is 445. The van der Waals surface area contributed by atoms with E-state index in [1.807, 2.05) is 29.3 Å². The summed E-state index contributed by atoms with van der Waals surface area (Å²) in [5.41, 5.74) is 1.12. The summed E-state index contributed by atoms with van der Waals surface area (Å²) < 4.78 is 5.18. The fraction of sp³-hybridized carbons (Fsp3) is 0.533. The molecule has 20 heavy (non-hydrogen) atoms. The Hall–Kier alpha value is -1.59. The van der Waals surface area contributed by atoms with Crippen LogP contribution in [0.3, 0.4) is 0 Å². The van der Waals surface area contributed by atoms with Crippen molar-refractivity contribution in [2.45, 2.75) is 26.4 Å². The molecule has 1 atom stereocenters. The first kappa shape index (κ1) is 14.8. The van der Waals surface area contributed by atoms with E-state index in [0.717, 1.165) is 43.3 Å². The molecule has 5 heteroatoms. The molecule has 0 spiro atoms. The van der Waals surface area contributed by atoms with E-state index in [1.165, 1.54) is 0 Å². The lowest BCUT2D eigenvalue weighted by molar-refractivity contribution is -0.0815. The molecule has 2 rings (SSSR count). The van der Waals surface area contributed by atoms with Crippen molar-refractivity contribution in [1.82, 2.24) is 10.4 Å². The molecule has 0 aromatic heterocycles. The van der Waals surface area contributed by atoms with E-state index in [9.17, 15) is 0 Å². The Morgan fingerprint density at radius 3 is 2.65 bits per heavy atom. The molecule has 1 heterocycles. The maximum absolute atomic E-state index is 5.79. The molecule has 1 aliphatic rings. The molecular weight excluding hydrogens is 254 g/mol. The van der Waals surface area contributed by atoms with Gasteiger partial charge in [-0.25, -0.2) is 4.99 Å². The highest BCUT2D eigenvalue weighted by atomic mass is 16.7. The van der Waals surface area contributed by atoms with Crippen molar-refractivity contribution in [3.63, 3.8) is 0 Å². The first-order valence-corrected chi connectivity index (χ1v) is 7.14. The molecule has 1 aromatic carbocycles. The number of rotatable bonds is 7. The van der Waals surface area contributed by atoms with Crippen LogP contribution in [0.1, 0.15) is 32.0 Å². The second-order valence-corrected chi connectivity index (χ2v) is 4.60. The molecule has 5 nitrogen and oxygen atoms in total. The summed E-state index contributed by atoms with van der Waals surface area (Å²) in [6.45, 7) is 6.81. The van der Waals surface area contributed by atoms with Gasteiger partial charge in [-0.1, -0.05) is 19.1 Å². The predicted octanol–water partition coefficient (Wildman–Crippen LogP) is 2.36. The van der Waals surface area contributed by atoms with Crippen LogP contribution in [0, 0.1) is 0 Å². The van der Waals surface area contributed by atoms with E-state index in [1.54, 1.807) is 7.11 Å². The number of ether oxygens (including phenoxy) is 1. The second-order valence-electron chi connectivity index (χ2n) is 4.60. The van der Waals surface area contributed by atoms with Gasteiger partial charge in [-0.05, 0) is 31.2 Å². The number of aliphatic imine (C=N–C) groups is 1. The maximum atomic E-state index is 5.79. The summed E-state index contributed by atoms with van der Waals surface area (Å²) in [5, 5.41) is 5.19. The molecule has 1 aliphatic heterocycles. The van der Waals surface area contributed by atoms with E-state index in [4.69, 9.17) is 9.57 Å². The lowest BCUT2D eigenvalue weighted by Crippen LogP contribution is -2.24. The van der Waals surface area contributed by atoms with Crippen LogP contribution >= 0.6 is 0 Å². The normalized spacial score (nSPS) is 18.8. The van der Waals surface area contributed by atoms with Crippen molar-refractivity contribution in [2.75, 3.05) is 26.7 Å². The van der Waals surface area contributed by atoms with Crippen molar-refractivity contribution in [1.29, 1.82) is 0 Å². The van der Waals surface area contributed by atoms with Gasteiger partial charge in [0.25, 0.3) is 0 Å². The van der Waals surface area contributed by atoms with Crippen LogP contribution in [-0.2, 0) is 4.84 Å². The minimum absolute atomic E-state index is 0.0532. The number of nitrogens with zero attached hydrogens (tertiary/aromatic N) is 2. The molecule has 0 bridgehead atoms. The largest absolute Gasteiger partial charge is 0.497 e. The Morgan fingerprint density at radius 2 is 2.05 bits per heavy atom. The third-order valence-electron chi connectivity index (χ3n) is 3.25. The topological polar surface area (TPSA) is 46.1 Å². The molecule has 0 fully saturated rings. The third kappa shape index (κ3) is 3.49. The van der Waals surface area contributed by atoms with E-state index in [-0.39, 0.29) is 6.17 Å². The lowest BCUT2D eigenvalue weighted by atomic mass is 10.1. The molecule has 0 saturated heterocycles. The summed E-state index contributed by atoms with van der Waals surface area (Å²) in [7, 11) is 1.67. The van der Waals surface area contributed by atoms with Gasteiger partial charge in [-0.3, -0.25) is 0 Å². The molecule has 1 N–H and O–H groups in total. The zero-order valence-corrected chi connectivity index (χ0v) is 12.4. The molecule has 0 unspecified atom stereocenters. The highest BCUT2D eigenvalue weighted by molar-refractivity contribution is 5.77. The monoisotopic (exact) mass is 277 g/mol. The van der Waals surface area contributed by atoms with Crippen molar-refractivity contribution in [3.8, 4) is 5.75 Å². The van der Waals surface area contributed by atoms with E-state index in [0.29, 0.717) is 0 Å². The summed E-state index contributed by atoms with van der Waals surface area (Å²) in [5.74, 6) is 1.65. The van der Waals surface area contributed by atoms with Gasteiger partial charge in [-0.15, -0.1) is 5.06 Å². The third-order valence-corrected chi connectivity index (χ3v) is 3.25. The fourth-order valence-electron chi connectivity index (χ4n) is 2.15. The number of hydrogen-bond donors (Lipinski definition) is 1. The highest BCUT2D eigenvalue weighted by Crippen LogP contribution is 2.29. The fourth-order valence-corrected chi connectivity index (χ4v) is 2.15. The lowest BCUT2D eigenvalue weighted by Gasteiger charge is -2.19. The van der Waals surface area contributed by atoms with Crippen molar-refractivity contribution in [2.24, 2.45) is 4.99 Å². The van der Waals surface area contributed by atoms with Gasteiger partial charge in [0.05, 0.1) is 7.11 Å². The van der Waals surface area contributed by atoms with Crippen molar-refractivity contribution < 1.29 is 9.57 Å². The van der Waals surface area contributed by atoms with Crippen LogP contribution < -0.4 is 10.1 Å². The highest BCUT2D eigenvalue weighted by Gasteiger charge is 2.28. The Labute approximate surface area is 120 Å². The summed E-state index contributed by atoms with van der Waals surface area (Å²) >= 11 is 0. The molecular formula is C15H23N3O2. The second kappa shape index (κ2) is 7.26. The maximum Gasteiger partial charge on any atom is 0.213 e. The number of methoxy groups -OCH3 is 1. The average Bonchev–Trinajstić information content (AvgIpc) is 2.91. The molecule has 0 radical (unpaired) electrons. The zero-order valence-electron chi connectivity index (χ0n) is 12.4. The average molecular weight is 277 g/mol. The van der Waals surface area contributed by atoms with Crippen molar-refractivity contribution in [3.05, 3.63) is 29.8 Å². The van der Waals surface area contributed by atoms with Crippen LogP contribution in [-0.4, -0.2) is 37.7 Å². The van der Waals surface area contributed by atoms with Gasteiger partial charge in [0.15, 0.2) is 6.17 Å². The van der Waals surface area contributed by atoms with E-state index in [2.05, 4.69) is 24.2 Å². The van der Waals surface area contributed by atoms with Gasteiger partial charge < -0.3 is 14.9 Å². The Morgan fingerprint density at radius 1 is 1.30 bits per heavy atom. The molecule has 0 saturated carbocycles. The van der Waals surface area contributed by atoms with Crippen LogP contribution in [0.2, 0.25) is 0 Å². The van der Waals surface area contributed by atoms with Crippen LogP contribution in [0.5, 0.6) is 5.75 Å². The first-order valence-electron chi connectivity index (χ1n) is 7.14. The molecule has 110 valence electrons. The molecule has 0 amide bonds. The quantitative estimate of drug-likeness (QED) is 0.777. The van der Waals surface area contributed by atoms with Gasteiger partial charge >= 0.3 is 0 Å². The standard InChI is InChI=1S/C15H23N3O2/c1-4-16-11-10-14-17-15(18(5-2)20-14)12-6-8-13(19-3)9-7-12/h6-9,15-16H,4-5,10-11H2,1-3H3/t15-/m1/s1. The van der Waals surface area contributed by atoms with E-state index >= 15 is 0 Å². The molecule has 0 aliphatic carbocycles. The van der Waals surface area contributed by atoms with Crippen molar-refractivity contribution >= 4 is 5.90 Å². The SMILES string of the molecule is CCNCCC1=N[C@@H](c2ccc(OC)cc2)N(CC)O1. The van der Waals surface area contributed by atoms with Crippen LogP contribution in [0.15, 0.2) is 29.3 Å². The number of hydroxylamine groups is 2. The Kier molecular flexibility index (Phi) is 5.38. The van der Waals surface area contributed by atoms with Gasteiger partial charge in [0.2, 0.25) is 5.90 Å². The smallest absolute Gasteiger partial charge is 0.213 e. The van der Waals surface area contributed by atoms with Gasteiger partial charge in [0, 0.05) is 19.5 Å². The summed E-state index contributed by atoms with van der Waals surface area (Å²) in [6, 6.07) is 7.98. The summed E-state index contributed by atoms with van der Waals surface area (Å²) in [4.78, 5) is 10.5. The minimum Gasteiger partial charge on any atom is -0.497 e.